The van der Waals surface area contributed by atoms with Crippen LogP contribution in [0.1, 0.15) is 30.0 Å². The Morgan fingerprint density at radius 3 is 2.40 bits per heavy atom. The van der Waals surface area contributed by atoms with Crippen molar-refractivity contribution in [2.45, 2.75) is 18.9 Å². The van der Waals surface area contributed by atoms with Crippen LogP contribution < -0.4 is 4.90 Å². The van der Waals surface area contributed by atoms with Crippen molar-refractivity contribution in [2.75, 3.05) is 31.1 Å². The third-order valence-electron chi connectivity index (χ3n) is 5.68. The molecule has 0 saturated carbocycles. The molecule has 1 aliphatic heterocycles. The Bertz CT molecular complexity index is 979. The van der Waals surface area contributed by atoms with Gasteiger partial charge in [-0.05, 0) is 35.2 Å². The number of hydrogen-bond donors (Lipinski definition) is 0. The van der Waals surface area contributed by atoms with E-state index in [0.29, 0.717) is 16.0 Å². The molecule has 30 heavy (non-hydrogen) atoms. The summed E-state index contributed by atoms with van der Waals surface area (Å²) >= 11 is 18.7. The number of aromatic nitrogens is 1. The summed E-state index contributed by atoms with van der Waals surface area (Å²) in [6.45, 7) is 5.96. The summed E-state index contributed by atoms with van der Waals surface area (Å²) in [5.74, 6) is 1.23. The molecule has 4 rings (SSSR count). The Morgan fingerprint density at radius 2 is 1.70 bits per heavy atom. The van der Waals surface area contributed by atoms with Gasteiger partial charge in [-0.2, -0.15) is 0 Å². The molecule has 0 unspecified atom stereocenters. The first-order chi connectivity index (χ1) is 14.5. The first-order valence-corrected chi connectivity index (χ1v) is 11.2. The summed E-state index contributed by atoms with van der Waals surface area (Å²) in [6, 6.07) is 20.6. The Kier molecular flexibility index (Phi) is 6.84. The van der Waals surface area contributed by atoms with Gasteiger partial charge < -0.3 is 4.90 Å². The summed E-state index contributed by atoms with van der Waals surface area (Å²) in [5, 5.41) is 1.85. The maximum atomic E-state index is 6.52. The summed E-state index contributed by atoms with van der Waals surface area (Å²) in [7, 11) is 0. The molecule has 1 saturated heterocycles. The number of hydrogen-bond acceptors (Lipinski definition) is 3. The Balaban J connectivity index is 1.59. The molecule has 2 aromatic carbocycles. The van der Waals surface area contributed by atoms with Crippen LogP contribution >= 0.6 is 34.8 Å². The number of benzene rings is 2. The SMILES string of the molecule is C[C@H](CN1CCN(c2ncc(Cl)cc2Cl)[C@H](c2ccc(Cl)cc2)C1)c1ccccc1. The highest BCUT2D eigenvalue weighted by molar-refractivity contribution is 6.36. The van der Waals surface area contributed by atoms with Gasteiger partial charge in [0.05, 0.1) is 16.1 Å². The van der Waals surface area contributed by atoms with Gasteiger partial charge in [-0.3, -0.25) is 4.90 Å². The molecule has 0 spiro atoms. The number of rotatable bonds is 5. The van der Waals surface area contributed by atoms with E-state index in [-0.39, 0.29) is 6.04 Å². The van der Waals surface area contributed by atoms with Crippen LogP contribution in [0.5, 0.6) is 0 Å². The average Bonchev–Trinajstić information content (AvgIpc) is 2.75. The fourth-order valence-electron chi connectivity index (χ4n) is 4.12. The molecular weight excluding hydrogens is 437 g/mol. The summed E-state index contributed by atoms with van der Waals surface area (Å²) in [5.41, 5.74) is 2.56. The molecular formula is C24H24Cl3N3. The predicted molar refractivity (Wildman–Crippen MR) is 127 cm³/mol. The second-order valence-corrected chi connectivity index (χ2v) is 9.07. The highest BCUT2D eigenvalue weighted by Gasteiger charge is 2.31. The average molecular weight is 461 g/mol. The number of anilines is 1. The van der Waals surface area contributed by atoms with Gasteiger partial charge in [0, 0.05) is 37.4 Å². The van der Waals surface area contributed by atoms with Crippen molar-refractivity contribution in [1.29, 1.82) is 0 Å². The monoisotopic (exact) mass is 459 g/mol. The van der Waals surface area contributed by atoms with Gasteiger partial charge in [-0.25, -0.2) is 4.98 Å². The molecule has 0 radical (unpaired) electrons. The number of piperazine rings is 1. The van der Waals surface area contributed by atoms with Crippen LogP contribution in [0.25, 0.3) is 0 Å². The van der Waals surface area contributed by atoms with Crippen LogP contribution in [0, 0.1) is 0 Å². The van der Waals surface area contributed by atoms with Gasteiger partial charge >= 0.3 is 0 Å². The first-order valence-electron chi connectivity index (χ1n) is 10.1. The van der Waals surface area contributed by atoms with Crippen molar-refractivity contribution < 1.29 is 0 Å². The third-order valence-corrected chi connectivity index (χ3v) is 6.42. The lowest BCUT2D eigenvalue weighted by molar-refractivity contribution is 0.213. The van der Waals surface area contributed by atoms with E-state index >= 15 is 0 Å². The van der Waals surface area contributed by atoms with Crippen molar-refractivity contribution in [3.8, 4) is 0 Å². The maximum Gasteiger partial charge on any atom is 0.148 e. The number of nitrogens with zero attached hydrogens (tertiary/aromatic N) is 3. The van der Waals surface area contributed by atoms with Gasteiger partial charge in [-0.15, -0.1) is 0 Å². The van der Waals surface area contributed by atoms with E-state index in [1.165, 1.54) is 11.1 Å². The molecule has 0 N–H and O–H groups in total. The molecule has 1 fully saturated rings. The van der Waals surface area contributed by atoms with Crippen molar-refractivity contribution >= 4 is 40.6 Å². The van der Waals surface area contributed by atoms with E-state index in [1.807, 2.05) is 12.1 Å². The van der Waals surface area contributed by atoms with E-state index < -0.39 is 0 Å². The fourth-order valence-corrected chi connectivity index (χ4v) is 4.74. The van der Waals surface area contributed by atoms with Crippen LogP contribution in [0.3, 0.4) is 0 Å². The van der Waals surface area contributed by atoms with Crippen LogP contribution in [-0.2, 0) is 0 Å². The zero-order valence-corrected chi connectivity index (χ0v) is 19.1. The van der Waals surface area contributed by atoms with Crippen molar-refractivity contribution in [3.63, 3.8) is 0 Å². The molecule has 0 bridgehead atoms. The molecule has 0 aliphatic carbocycles. The second kappa shape index (κ2) is 9.57. The molecule has 0 amide bonds. The Labute approximate surface area is 193 Å². The van der Waals surface area contributed by atoms with Gasteiger partial charge in [0.15, 0.2) is 0 Å². The van der Waals surface area contributed by atoms with E-state index in [1.54, 1.807) is 12.3 Å². The van der Waals surface area contributed by atoms with E-state index in [4.69, 9.17) is 34.8 Å². The smallest absolute Gasteiger partial charge is 0.148 e. The minimum absolute atomic E-state index is 0.130. The van der Waals surface area contributed by atoms with Gasteiger partial charge in [-0.1, -0.05) is 84.2 Å². The summed E-state index contributed by atoms with van der Waals surface area (Å²) in [4.78, 5) is 9.35. The largest absolute Gasteiger partial charge is 0.346 e. The quantitative estimate of drug-likeness (QED) is 0.422. The predicted octanol–water partition coefficient (Wildman–Crippen LogP) is 6.71. The minimum atomic E-state index is 0.130. The highest BCUT2D eigenvalue weighted by Crippen LogP contribution is 2.35. The lowest BCUT2D eigenvalue weighted by Crippen LogP contribution is -2.49. The van der Waals surface area contributed by atoms with Crippen LogP contribution in [0.2, 0.25) is 15.1 Å². The minimum Gasteiger partial charge on any atom is -0.346 e. The van der Waals surface area contributed by atoms with Gasteiger partial charge in [0.2, 0.25) is 0 Å². The van der Waals surface area contributed by atoms with E-state index in [2.05, 4.69) is 64.2 Å². The van der Waals surface area contributed by atoms with Crippen LogP contribution in [0.15, 0.2) is 66.9 Å². The van der Waals surface area contributed by atoms with Crippen molar-refractivity contribution in [1.82, 2.24) is 9.88 Å². The molecule has 156 valence electrons. The number of pyridine rings is 1. The third kappa shape index (κ3) is 4.92. The second-order valence-electron chi connectivity index (χ2n) is 7.79. The molecule has 3 aromatic rings. The fraction of sp³-hybridized carbons (Fsp3) is 0.292. The topological polar surface area (TPSA) is 19.4 Å². The molecule has 1 aromatic heterocycles. The molecule has 1 aliphatic rings. The Hall–Kier alpha value is -1.78. The van der Waals surface area contributed by atoms with Gasteiger partial charge in [0.25, 0.3) is 0 Å². The van der Waals surface area contributed by atoms with Crippen LogP contribution in [-0.4, -0.2) is 36.1 Å². The van der Waals surface area contributed by atoms with Gasteiger partial charge in [0.1, 0.15) is 5.82 Å². The standard InChI is InChI=1S/C24H24Cl3N3/c1-17(18-5-3-2-4-6-18)15-29-11-12-30(24-22(27)13-21(26)14-28-24)23(16-29)19-7-9-20(25)10-8-19/h2-10,13-14,17,23H,11-12,15-16H2,1H3/t17-,23+/m1/s1. The van der Waals surface area contributed by atoms with Crippen LogP contribution in [0.4, 0.5) is 5.82 Å². The highest BCUT2D eigenvalue weighted by atomic mass is 35.5. The van der Waals surface area contributed by atoms with Crippen molar-refractivity contribution in [3.05, 3.63) is 93.1 Å². The Morgan fingerprint density at radius 1 is 0.967 bits per heavy atom. The van der Waals surface area contributed by atoms with E-state index in [0.717, 1.165) is 37.0 Å². The number of halogens is 3. The summed E-state index contributed by atoms with van der Waals surface area (Å²) in [6.07, 6.45) is 1.66. The molecule has 2 heterocycles. The first kappa shape index (κ1) is 21.5. The summed E-state index contributed by atoms with van der Waals surface area (Å²) < 4.78 is 0. The normalized spacial score (nSPS) is 18.4. The lowest BCUT2D eigenvalue weighted by Gasteiger charge is -2.43. The van der Waals surface area contributed by atoms with E-state index in [9.17, 15) is 0 Å². The van der Waals surface area contributed by atoms with Crippen molar-refractivity contribution in [2.24, 2.45) is 0 Å². The maximum absolute atomic E-state index is 6.52. The zero-order valence-electron chi connectivity index (χ0n) is 16.8. The molecule has 6 heteroatoms. The lowest BCUT2D eigenvalue weighted by atomic mass is 9.98. The molecule has 2 atom stereocenters. The molecule has 3 nitrogen and oxygen atoms in total. The zero-order chi connectivity index (χ0) is 21.1.